The molecule has 0 spiro atoms. The Morgan fingerprint density at radius 1 is 1.17 bits per heavy atom. The summed E-state index contributed by atoms with van der Waals surface area (Å²) in [6.45, 7) is 9.02. The zero-order chi connectivity index (χ0) is 21.8. The van der Waals surface area contributed by atoms with Crippen molar-refractivity contribution in [3.05, 3.63) is 51.3 Å². The van der Waals surface area contributed by atoms with E-state index in [0.717, 1.165) is 24.5 Å². The Hall–Kier alpha value is -2.09. The number of rotatable bonds is 6. The third-order valence-electron chi connectivity index (χ3n) is 5.14. The van der Waals surface area contributed by atoms with E-state index in [1.807, 2.05) is 26.8 Å². The standard InChI is InChI=1S/C21H26Cl2N4O3/c1-13(2)19(24-20(28)17-5-4-15(22)11-18(17)23)21(29)27-8-6-26(7-9-27)12-16-10-14(3)25-30-16/h4-5,10-11,13,19H,6-9,12H2,1-3H3,(H,24,28). The highest BCUT2D eigenvalue weighted by Gasteiger charge is 2.31. The first-order valence-corrected chi connectivity index (χ1v) is 10.7. The normalized spacial score (nSPS) is 16.0. The molecule has 1 saturated heterocycles. The number of aromatic nitrogens is 1. The van der Waals surface area contributed by atoms with Crippen molar-refractivity contribution >= 4 is 35.0 Å². The van der Waals surface area contributed by atoms with Crippen LogP contribution in [0.1, 0.15) is 35.7 Å². The lowest BCUT2D eigenvalue weighted by Crippen LogP contribution is -2.56. The molecule has 3 rings (SSSR count). The predicted octanol–water partition coefficient (Wildman–Crippen LogP) is 3.39. The van der Waals surface area contributed by atoms with Crippen LogP contribution in [0.3, 0.4) is 0 Å². The first kappa shape index (κ1) is 22.6. The Kier molecular flexibility index (Phi) is 7.39. The molecule has 1 aliphatic rings. The fourth-order valence-corrected chi connectivity index (χ4v) is 3.93. The highest BCUT2D eigenvalue weighted by molar-refractivity contribution is 6.36. The number of benzene rings is 1. The van der Waals surface area contributed by atoms with Gasteiger partial charge in [-0.2, -0.15) is 0 Å². The molecule has 0 saturated carbocycles. The Labute approximate surface area is 186 Å². The summed E-state index contributed by atoms with van der Waals surface area (Å²) >= 11 is 12.0. The third-order valence-corrected chi connectivity index (χ3v) is 5.68. The molecule has 2 aromatic rings. The van der Waals surface area contributed by atoms with Gasteiger partial charge in [0.05, 0.1) is 22.8 Å². The van der Waals surface area contributed by atoms with Crippen LogP contribution in [0.25, 0.3) is 0 Å². The SMILES string of the molecule is Cc1cc(CN2CCN(C(=O)C(NC(=O)c3ccc(Cl)cc3Cl)C(C)C)CC2)on1. The maximum Gasteiger partial charge on any atom is 0.253 e. The van der Waals surface area contributed by atoms with Gasteiger partial charge < -0.3 is 14.7 Å². The topological polar surface area (TPSA) is 78.7 Å². The largest absolute Gasteiger partial charge is 0.360 e. The van der Waals surface area contributed by atoms with Crippen LogP contribution in [0.2, 0.25) is 10.0 Å². The van der Waals surface area contributed by atoms with Gasteiger partial charge in [0.2, 0.25) is 5.91 Å². The summed E-state index contributed by atoms with van der Waals surface area (Å²) in [5.74, 6) is 0.281. The molecule has 1 aliphatic heterocycles. The predicted molar refractivity (Wildman–Crippen MR) is 116 cm³/mol. The van der Waals surface area contributed by atoms with Gasteiger partial charge >= 0.3 is 0 Å². The minimum absolute atomic E-state index is 0.0669. The smallest absolute Gasteiger partial charge is 0.253 e. The van der Waals surface area contributed by atoms with E-state index in [-0.39, 0.29) is 22.8 Å². The summed E-state index contributed by atoms with van der Waals surface area (Å²) in [4.78, 5) is 29.9. The second-order valence-corrected chi connectivity index (χ2v) is 8.70. The maximum absolute atomic E-state index is 13.1. The number of hydrogen-bond donors (Lipinski definition) is 1. The summed E-state index contributed by atoms with van der Waals surface area (Å²) < 4.78 is 5.28. The zero-order valence-corrected chi connectivity index (χ0v) is 18.8. The number of carbonyl (C=O) groups excluding carboxylic acids is 2. The average molecular weight is 453 g/mol. The van der Waals surface area contributed by atoms with Gasteiger partial charge in [-0.25, -0.2) is 0 Å². The van der Waals surface area contributed by atoms with Crippen LogP contribution in [0.5, 0.6) is 0 Å². The Balaban J connectivity index is 1.59. The maximum atomic E-state index is 13.1. The van der Waals surface area contributed by atoms with Crippen LogP contribution < -0.4 is 5.32 Å². The van der Waals surface area contributed by atoms with Crippen LogP contribution in [0.4, 0.5) is 0 Å². The van der Waals surface area contributed by atoms with E-state index in [1.165, 1.54) is 6.07 Å². The van der Waals surface area contributed by atoms with Crippen LogP contribution in [0, 0.1) is 12.8 Å². The molecule has 0 radical (unpaired) electrons. The number of aryl methyl sites for hydroxylation is 1. The van der Waals surface area contributed by atoms with Gasteiger partial charge in [-0.1, -0.05) is 42.2 Å². The van der Waals surface area contributed by atoms with Crippen LogP contribution in [-0.4, -0.2) is 59.0 Å². The Bertz CT molecular complexity index is 907. The van der Waals surface area contributed by atoms with Crippen molar-refractivity contribution < 1.29 is 14.1 Å². The summed E-state index contributed by atoms with van der Waals surface area (Å²) in [5.41, 5.74) is 1.15. The van der Waals surface area contributed by atoms with Crippen molar-refractivity contribution in [2.45, 2.75) is 33.4 Å². The van der Waals surface area contributed by atoms with E-state index in [1.54, 1.807) is 17.0 Å². The summed E-state index contributed by atoms with van der Waals surface area (Å²) in [5, 5.41) is 7.46. The highest BCUT2D eigenvalue weighted by Crippen LogP contribution is 2.21. The molecular formula is C21H26Cl2N4O3. The molecule has 2 amide bonds. The van der Waals surface area contributed by atoms with E-state index in [9.17, 15) is 9.59 Å². The van der Waals surface area contributed by atoms with E-state index in [0.29, 0.717) is 30.2 Å². The Morgan fingerprint density at radius 2 is 1.87 bits per heavy atom. The average Bonchev–Trinajstić information content (AvgIpc) is 3.10. The van der Waals surface area contributed by atoms with E-state index < -0.39 is 6.04 Å². The number of amides is 2. The minimum Gasteiger partial charge on any atom is -0.360 e. The monoisotopic (exact) mass is 452 g/mol. The van der Waals surface area contributed by atoms with Gasteiger partial charge in [0.25, 0.3) is 5.91 Å². The molecule has 162 valence electrons. The Morgan fingerprint density at radius 3 is 2.43 bits per heavy atom. The van der Waals surface area contributed by atoms with Gasteiger partial charge in [-0.15, -0.1) is 0 Å². The lowest BCUT2D eigenvalue weighted by molar-refractivity contribution is -0.136. The first-order chi connectivity index (χ1) is 14.2. The molecule has 0 bridgehead atoms. The lowest BCUT2D eigenvalue weighted by Gasteiger charge is -2.37. The summed E-state index contributed by atoms with van der Waals surface area (Å²) in [6.07, 6.45) is 0. The molecule has 2 heterocycles. The number of nitrogens with zero attached hydrogens (tertiary/aromatic N) is 3. The molecule has 1 aromatic heterocycles. The summed E-state index contributed by atoms with van der Waals surface area (Å²) in [7, 11) is 0. The van der Waals surface area contributed by atoms with Gasteiger partial charge in [-0.05, 0) is 31.0 Å². The molecule has 30 heavy (non-hydrogen) atoms. The van der Waals surface area contributed by atoms with Crippen LogP contribution >= 0.6 is 23.2 Å². The molecule has 1 unspecified atom stereocenters. The molecule has 0 aliphatic carbocycles. The van der Waals surface area contributed by atoms with Gasteiger partial charge in [0.15, 0.2) is 5.76 Å². The molecule has 7 nitrogen and oxygen atoms in total. The number of nitrogens with one attached hydrogen (secondary N) is 1. The van der Waals surface area contributed by atoms with E-state index >= 15 is 0 Å². The number of piperazine rings is 1. The van der Waals surface area contributed by atoms with Crippen molar-refractivity contribution in [3.8, 4) is 0 Å². The van der Waals surface area contributed by atoms with Crippen molar-refractivity contribution in [1.82, 2.24) is 20.3 Å². The fraction of sp³-hybridized carbons (Fsp3) is 0.476. The van der Waals surface area contributed by atoms with E-state index in [4.69, 9.17) is 27.7 Å². The van der Waals surface area contributed by atoms with Crippen LogP contribution in [-0.2, 0) is 11.3 Å². The van der Waals surface area contributed by atoms with Crippen molar-refractivity contribution in [2.24, 2.45) is 5.92 Å². The third kappa shape index (κ3) is 5.53. The van der Waals surface area contributed by atoms with Gasteiger partial charge in [-0.3, -0.25) is 14.5 Å². The number of carbonyl (C=O) groups is 2. The van der Waals surface area contributed by atoms with Gasteiger partial charge in [0.1, 0.15) is 6.04 Å². The number of hydrogen-bond acceptors (Lipinski definition) is 5. The highest BCUT2D eigenvalue weighted by atomic mass is 35.5. The second kappa shape index (κ2) is 9.81. The molecule has 1 atom stereocenters. The molecule has 1 N–H and O–H groups in total. The minimum atomic E-state index is -0.632. The van der Waals surface area contributed by atoms with Crippen molar-refractivity contribution in [2.75, 3.05) is 26.2 Å². The quantitative estimate of drug-likeness (QED) is 0.726. The lowest BCUT2D eigenvalue weighted by atomic mass is 10.0. The van der Waals surface area contributed by atoms with Crippen molar-refractivity contribution in [1.29, 1.82) is 0 Å². The van der Waals surface area contributed by atoms with E-state index in [2.05, 4.69) is 15.4 Å². The number of halogens is 2. The fourth-order valence-electron chi connectivity index (χ4n) is 3.44. The molecule has 1 fully saturated rings. The first-order valence-electron chi connectivity index (χ1n) is 9.94. The van der Waals surface area contributed by atoms with Crippen molar-refractivity contribution in [3.63, 3.8) is 0 Å². The zero-order valence-electron chi connectivity index (χ0n) is 17.3. The molecular weight excluding hydrogens is 427 g/mol. The summed E-state index contributed by atoms with van der Waals surface area (Å²) in [6, 6.07) is 5.96. The van der Waals surface area contributed by atoms with Gasteiger partial charge in [0, 0.05) is 37.3 Å². The molecule has 9 heteroatoms. The van der Waals surface area contributed by atoms with Crippen LogP contribution in [0.15, 0.2) is 28.8 Å². The molecule has 1 aromatic carbocycles. The second-order valence-electron chi connectivity index (χ2n) is 7.86.